The largest absolute Gasteiger partial charge is 0.496 e. The Labute approximate surface area is 186 Å². The van der Waals surface area contributed by atoms with Crippen LogP contribution < -0.4 is 15.6 Å². The van der Waals surface area contributed by atoms with E-state index in [0.717, 1.165) is 36.3 Å². The zero-order chi connectivity index (χ0) is 22.2. The molecule has 2 N–H and O–H groups in total. The van der Waals surface area contributed by atoms with Gasteiger partial charge in [0.1, 0.15) is 11.6 Å². The Kier molecular flexibility index (Phi) is 5.97. The van der Waals surface area contributed by atoms with E-state index in [9.17, 15) is 9.59 Å². The third-order valence-corrected chi connectivity index (χ3v) is 6.85. The molecule has 0 radical (unpaired) electrons. The number of rotatable bonds is 6. The number of H-pyrrole nitrogens is 1. The van der Waals surface area contributed by atoms with Crippen LogP contribution >= 0.6 is 11.8 Å². The first-order valence-electron chi connectivity index (χ1n) is 10.8. The number of nitrogens with zero attached hydrogens (tertiary/aromatic N) is 1. The number of unbranched alkanes of at least 4 members (excludes halogenated alkanes) is 1. The van der Waals surface area contributed by atoms with Gasteiger partial charge in [0.15, 0.2) is 10.9 Å². The summed E-state index contributed by atoms with van der Waals surface area (Å²) < 4.78 is 5.61. The van der Waals surface area contributed by atoms with Gasteiger partial charge in [-0.25, -0.2) is 4.98 Å². The van der Waals surface area contributed by atoms with Crippen LogP contribution in [-0.2, 0) is 4.79 Å². The summed E-state index contributed by atoms with van der Waals surface area (Å²) in [6.45, 7) is 6.33. The van der Waals surface area contributed by atoms with E-state index in [1.54, 1.807) is 18.9 Å². The number of fused-ring (bicyclic) bond motifs is 1. The number of thioether (sulfide) groups is 1. The lowest BCUT2D eigenvalue weighted by Gasteiger charge is -2.38. The number of Topliss-reactive ketones (excluding diaryl/α,β-unsaturated/α-hetero) is 1. The molecule has 6 nitrogen and oxygen atoms in total. The van der Waals surface area contributed by atoms with Crippen molar-refractivity contribution in [3.05, 3.63) is 57.0 Å². The second kappa shape index (κ2) is 8.54. The van der Waals surface area contributed by atoms with Crippen LogP contribution in [0.3, 0.4) is 0 Å². The second-order valence-electron chi connectivity index (χ2n) is 8.97. The van der Waals surface area contributed by atoms with Crippen molar-refractivity contribution in [3.63, 3.8) is 0 Å². The molecule has 0 saturated carbocycles. The van der Waals surface area contributed by atoms with E-state index in [2.05, 4.69) is 31.1 Å². The smallest absolute Gasteiger partial charge is 0.257 e. The van der Waals surface area contributed by atoms with E-state index in [4.69, 9.17) is 9.72 Å². The summed E-state index contributed by atoms with van der Waals surface area (Å²) in [4.78, 5) is 34.3. The lowest BCUT2D eigenvalue weighted by Crippen LogP contribution is -2.37. The molecule has 0 amide bonds. The first kappa shape index (κ1) is 21.7. The molecule has 1 aliphatic heterocycles. The number of ketones is 1. The molecule has 2 heterocycles. The summed E-state index contributed by atoms with van der Waals surface area (Å²) in [5.74, 6) is 1.67. The number of aromatic nitrogens is 2. The van der Waals surface area contributed by atoms with Gasteiger partial charge in [-0.3, -0.25) is 9.59 Å². The van der Waals surface area contributed by atoms with E-state index < -0.39 is 5.92 Å². The molecular formula is C24H29N3O3S. The van der Waals surface area contributed by atoms with Crippen molar-refractivity contribution in [2.75, 3.05) is 18.2 Å². The standard InChI is InChI=1S/C24H29N3O3S/c1-5-6-11-31-23-26-21-20(22(29)27-23)18(14-9-7-8-10-17(14)30-4)19-15(25-21)12-24(2,3)13-16(19)28/h7-10,18H,5-6,11-13H2,1-4H3,(H2,25,26,27,29). The Morgan fingerprint density at radius 1 is 1.23 bits per heavy atom. The summed E-state index contributed by atoms with van der Waals surface area (Å²) in [5.41, 5.74) is 2.47. The van der Waals surface area contributed by atoms with Crippen molar-refractivity contribution < 1.29 is 9.53 Å². The minimum Gasteiger partial charge on any atom is -0.496 e. The first-order chi connectivity index (χ1) is 14.8. The highest BCUT2D eigenvalue weighted by Gasteiger charge is 2.43. The molecule has 0 bridgehead atoms. The van der Waals surface area contributed by atoms with E-state index in [1.165, 1.54) is 0 Å². The molecule has 7 heteroatoms. The summed E-state index contributed by atoms with van der Waals surface area (Å²) in [5, 5.41) is 3.97. The molecule has 0 fully saturated rings. The average molecular weight is 440 g/mol. The molecule has 1 aromatic carbocycles. The molecule has 1 unspecified atom stereocenters. The number of carbonyl (C=O) groups excluding carboxylic acids is 1. The van der Waals surface area contributed by atoms with Crippen molar-refractivity contribution in [2.24, 2.45) is 5.41 Å². The maximum absolute atomic E-state index is 13.3. The quantitative estimate of drug-likeness (QED) is 0.379. The van der Waals surface area contributed by atoms with E-state index in [-0.39, 0.29) is 16.8 Å². The topological polar surface area (TPSA) is 84.1 Å². The maximum atomic E-state index is 13.3. The molecule has 0 saturated heterocycles. The fourth-order valence-electron chi connectivity index (χ4n) is 4.49. The minimum absolute atomic E-state index is 0.0705. The first-order valence-corrected chi connectivity index (χ1v) is 11.8. The van der Waals surface area contributed by atoms with Crippen molar-refractivity contribution in [3.8, 4) is 5.75 Å². The van der Waals surface area contributed by atoms with E-state index >= 15 is 0 Å². The van der Waals surface area contributed by atoms with Crippen LogP contribution in [0.4, 0.5) is 5.82 Å². The lowest BCUT2D eigenvalue weighted by atomic mass is 9.69. The van der Waals surface area contributed by atoms with Gasteiger partial charge in [-0.2, -0.15) is 0 Å². The second-order valence-corrected chi connectivity index (χ2v) is 10.1. The Balaban J connectivity index is 1.90. The Hall–Kier alpha value is -2.54. The molecular weight excluding hydrogens is 410 g/mol. The van der Waals surface area contributed by atoms with Crippen LogP contribution in [0.25, 0.3) is 0 Å². The molecule has 164 valence electrons. The Morgan fingerprint density at radius 3 is 2.74 bits per heavy atom. The van der Waals surface area contributed by atoms with Crippen molar-refractivity contribution in [2.45, 2.75) is 57.5 Å². The van der Waals surface area contributed by atoms with Crippen molar-refractivity contribution >= 4 is 23.4 Å². The number of hydrogen-bond donors (Lipinski definition) is 2. The van der Waals surface area contributed by atoms with Crippen LogP contribution in [-0.4, -0.2) is 28.6 Å². The maximum Gasteiger partial charge on any atom is 0.257 e. The molecule has 2 aliphatic rings. The van der Waals surface area contributed by atoms with Crippen LogP contribution in [0.15, 0.2) is 45.5 Å². The highest BCUT2D eigenvalue weighted by Crippen LogP contribution is 2.49. The number of allylic oxidation sites excluding steroid dienone is 2. The molecule has 2 aromatic rings. The zero-order valence-electron chi connectivity index (χ0n) is 18.5. The van der Waals surface area contributed by atoms with Crippen LogP contribution in [0.2, 0.25) is 0 Å². The molecule has 31 heavy (non-hydrogen) atoms. The van der Waals surface area contributed by atoms with Crippen molar-refractivity contribution in [1.29, 1.82) is 0 Å². The molecule has 4 rings (SSSR count). The van der Waals surface area contributed by atoms with E-state index in [0.29, 0.717) is 34.3 Å². The number of para-hydroxylation sites is 1. The number of nitrogens with one attached hydrogen (secondary N) is 2. The van der Waals surface area contributed by atoms with E-state index in [1.807, 2.05) is 24.3 Å². The van der Waals surface area contributed by atoms with Crippen LogP contribution in [0.1, 0.15) is 63.5 Å². The van der Waals surface area contributed by atoms with Gasteiger partial charge >= 0.3 is 0 Å². The Morgan fingerprint density at radius 2 is 2.00 bits per heavy atom. The summed E-state index contributed by atoms with van der Waals surface area (Å²) in [6, 6.07) is 7.60. The van der Waals surface area contributed by atoms with Gasteiger partial charge in [-0.05, 0) is 24.3 Å². The number of anilines is 1. The molecule has 1 atom stereocenters. The number of hydrogen-bond acceptors (Lipinski definition) is 6. The van der Waals surface area contributed by atoms with Gasteiger partial charge in [0.25, 0.3) is 5.56 Å². The van der Waals surface area contributed by atoms with Gasteiger partial charge in [0.2, 0.25) is 0 Å². The summed E-state index contributed by atoms with van der Waals surface area (Å²) in [7, 11) is 1.61. The fraction of sp³-hybridized carbons (Fsp3) is 0.458. The number of carbonyl (C=O) groups is 1. The molecule has 1 aromatic heterocycles. The third kappa shape index (κ3) is 4.15. The SMILES string of the molecule is CCCCSc1nc2c(c(=O)[nH]1)C(c1ccccc1OC)C1=C(CC(C)(C)CC1=O)N2. The number of aromatic amines is 1. The average Bonchev–Trinajstić information content (AvgIpc) is 2.71. The summed E-state index contributed by atoms with van der Waals surface area (Å²) in [6.07, 6.45) is 3.32. The lowest BCUT2D eigenvalue weighted by molar-refractivity contribution is -0.118. The number of methoxy groups -OCH3 is 1. The predicted molar refractivity (Wildman–Crippen MR) is 124 cm³/mol. The fourth-order valence-corrected chi connectivity index (χ4v) is 5.44. The van der Waals surface area contributed by atoms with Gasteiger partial charge < -0.3 is 15.0 Å². The van der Waals surface area contributed by atoms with Gasteiger partial charge in [0, 0.05) is 29.0 Å². The predicted octanol–water partition coefficient (Wildman–Crippen LogP) is 4.87. The summed E-state index contributed by atoms with van der Waals surface area (Å²) >= 11 is 1.55. The van der Waals surface area contributed by atoms with Crippen LogP contribution in [0, 0.1) is 5.41 Å². The number of benzene rings is 1. The monoisotopic (exact) mass is 439 g/mol. The highest BCUT2D eigenvalue weighted by molar-refractivity contribution is 7.99. The van der Waals surface area contributed by atoms with Gasteiger partial charge in [0.05, 0.1) is 18.6 Å². The molecule has 1 aliphatic carbocycles. The van der Waals surface area contributed by atoms with Gasteiger partial charge in [-0.15, -0.1) is 0 Å². The number of ether oxygens (including phenoxy) is 1. The third-order valence-electron chi connectivity index (χ3n) is 5.89. The Bertz CT molecular complexity index is 1100. The highest BCUT2D eigenvalue weighted by atomic mass is 32.2. The minimum atomic E-state index is -0.503. The molecule has 0 spiro atoms. The van der Waals surface area contributed by atoms with Crippen LogP contribution in [0.5, 0.6) is 5.75 Å². The van der Waals surface area contributed by atoms with Gasteiger partial charge in [-0.1, -0.05) is 57.2 Å². The zero-order valence-corrected chi connectivity index (χ0v) is 19.3. The normalized spacial score (nSPS) is 19.5. The van der Waals surface area contributed by atoms with Crippen molar-refractivity contribution in [1.82, 2.24) is 9.97 Å².